The summed E-state index contributed by atoms with van der Waals surface area (Å²) < 4.78 is 7.95. The molecule has 0 spiro atoms. The van der Waals surface area contributed by atoms with E-state index in [9.17, 15) is 0 Å². The van der Waals surface area contributed by atoms with Gasteiger partial charge in [-0.05, 0) is 6.92 Å². The predicted octanol–water partition coefficient (Wildman–Crippen LogP) is 2.62. The molecule has 6 heteroatoms. The van der Waals surface area contributed by atoms with Crippen molar-refractivity contribution in [2.75, 3.05) is 0 Å². The van der Waals surface area contributed by atoms with Crippen LogP contribution < -0.4 is 0 Å². The van der Waals surface area contributed by atoms with Crippen molar-refractivity contribution in [2.24, 2.45) is 0 Å². The first kappa shape index (κ1) is 8.10. The van der Waals surface area contributed by atoms with Crippen LogP contribution in [0.25, 0.3) is 10.6 Å². The molecule has 2 rings (SSSR count). The smallest absolute Gasteiger partial charge is 0.171 e. The van der Waals surface area contributed by atoms with Gasteiger partial charge in [0.05, 0.1) is 21.6 Å². The molecule has 0 saturated carbocycles. The molecule has 0 unspecified atom stereocenters. The van der Waals surface area contributed by atoms with Crippen LogP contribution in [0.1, 0.15) is 5.01 Å². The Kier molecular flexibility index (Phi) is 2.08. The number of hydrogen-bond donors (Lipinski definition) is 0. The monoisotopic (exact) mass is 217 g/mol. The molecule has 0 atom stereocenters. The molecular formula is C6H4ClN3S2. The summed E-state index contributed by atoms with van der Waals surface area (Å²) in [5.41, 5.74) is 0.743. The van der Waals surface area contributed by atoms with Crippen molar-refractivity contribution in [1.29, 1.82) is 0 Å². The Morgan fingerprint density at radius 1 is 1.42 bits per heavy atom. The molecule has 0 amide bonds. The van der Waals surface area contributed by atoms with Crippen molar-refractivity contribution in [3.05, 3.63) is 16.4 Å². The van der Waals surface area contributed by atoms with E-state index in [2.05, 4.69) is 13.7 Å². The molecule has 0 aliphatic heterocycles. The summed E-state index contributed by atoms with van der Waals surface area (Å²) in [6, 6.07) is 0. The van der Waals surface area contributed by atoms with Crippen LogP contribution in [0.2, 0.25) is 5.15 Å². The summed E-state index contributed by atoms with van der Waals surface area (Å²) >= 11 is 8.48. The minimum Gasteiger partial charge on any atom is -0.249 e. The van der Waals surface area contributed by atoms with E-state index in [-0.39, 0.29) is 0 Å². The van der Waals surface area contributed by atoms with Crippen LogP contribution >= 0.6 is 34.7 Å². The quantitative estimate of drug-likeness (QED) is 0.737. The highest BCUT2D eigenvalue weighted by Gasteiger charge is 2.10. The largest absolute Gasteiger partial charge is 0.249 e. The SMILES string of the molecule is Cc1ncc(-c2nsnc2Cl)s1. The maximum atomic E-state index is 5.80. The van der Waals surface area contributed by atoms with Gasteiger partial charge in [-0.2, -0.15) is 8.75 Å². The summed E-state index contributed by atoms with van der Waals surface area (Å²) in [6.45, 7) is 1.95. The van der Waals surface area contributed by atoms with E-state index >= 15 is 0 Å². The predicted molar refractivity (Wildman–Crippen MR) is 50.8 cm³/mol. The second kappa shape index (κ2) is 3.08. The van der Waals surface area contributed by atoms with Crippen LogP contribution in [0.15, 0.2) is 6.20 Å². The number of aromatic nitrogens is 3. The molecule has 2 aromatic rings. The van der Waals surface area contributed by atoms with Crippen LogP contribution in [0, 0.1) is 6.92 Å². The number of thiazole rings is 1. The first-order valence-electron chi connectivity index (χ1n) is 3.18. The average Bonchev–Trinajstić information content (AvgIpc) is 2.58. The molecule has 0 bridgehead atoms. The fourth-order valence-corrected chi connectivity index (χ4v) is 2.43. The molecule has 0 aromatic carbocycles. The van der Waals surface area contributed by atoms with E-state index in [1.165, 1.54) is 0 Å². The highest BCUT2D eigenvalue weighted by molar-refractivity contribution is 7.15. The Morgan fingerprint density at radius 2 is 2.25 bits per heavy atom. The molecule has 2 heterocycles. The van der Waals surface area contributed by atoms with Gasteiger partial charge in [0.1, 0.15) is 5.69 Å². The zero-order valence-corrected chi connectivity index (χ0v) is 8.50. The Balaban J connectivity index is 2.50. The molecular weight excluding hydrogens is 214 g/mol. The van der Waals surface area contributed by atoms with Crippen LogP contribution in [0.5, 0.6) is 0 Å². The molecule has 0 aliphatic rings. The number of nitrogens with zero attached hydrogens (tertiary/aromatic N) is 3. The van der Waals surface area contributed by atoms with Crippen molar-refractivity contribution in [3.8, 4) is 10.6 Å². The minimum atomic E-state index is 0.462. The van der Waals surface area contributed by atoms with Gasteiger partial charge in [-0.25, -0.2) is 4.98 Å². The third-order valence-electron chi connectivity index (χ3n) is 1.30. The highest BCUT2D eigenvalue weighted by atomic mass is 35.5. The molecule has 0 saturated heterocycles. The third-order valence-corrected chi connectivity index (χ3v) is 3.11. The van der Waals surface area contributed by atoms with Crippen molar-refractivity contribution < 1.29 is 0 Å². The van der Waals surface area contributed by atoms with Gasteiger partial charge in [-0.1, -0.05) is 11.6 Å². The van der Waals surface area contributed by atoms with Crippen molar-refractivity contribution in [3.63, 3.8) is 0 Å². The van der Waals surface area contributed by atoms with E-state index in [1.807, 2.05) is 6.92 Å². The van der Waals surface area contributed by atoms with Crippen molar-refractivity contribution in [1.82, 2.24) is 13.7 Å². The van der Waals surface area contributed by atoms with Gasteiger partial charge in [0, 0.05) is 6.20 Å². The van der Waals surface area contributed by atoms with Crippen LogP contribution in [0.3, 0.4) is 0 Å². The third kappa shape index (κ3) is 1.35. The van der Waals surface area contributed by atoms with Gasteiger partial charge in [0.15, 0.2) is 5.15 Å². The summed E-state index contributed by atoms with van der Waals surface area (Å²) in [5, 5.41) is 1.47. The Hall–Kier alpha value is -0.520. The fourth-order valence-electron chi connectivity index (χ4n) is 0.795. The number of halogens is 1. The van der Waals surface area contributed by atoms with E-state index in [0.29, 0.717) is 5.15 Å². The van der Waals surface area contributed by atoms with E-state index in [0.717, 1.165) is 27.3 Å². The number of aryl methyl sites for hydroxylation is 1. The van der Waals surface area contributed by atoms with Crippen LogP contribution in [0.4, 0.5) is 0 Å². The van der Waals surface area contributed by atoms with Gasteiger partial charge >= 0.3 is 0 Å². The molecule has 62 valence electrons. The number of hydrogen-bond acceptors (Lipinski definition) is 5. The summed E-state index contributed by atoms with van der Waals surface area (Å²) in [7, 11) is 0. The van der Waals surface area contributed by atoms with Gasteiger partial charge in [-0.3, -0.25) is 0 Å². The molecule has 0 radical (unpaired) electrons. The van der Waals surface area contributed by atoms with E-state index in [4.69, 9.17) is 11.6 Å². The van der Waals surface area contributed by atoms with Gasteiger partial charge in [-0.15, -0.1) is 11.3 Å². The van der Waals surface area contributed by atoms with Gasteiger partial charge in [0.25, 0.3) is 0 Å². The molecule has 3 nitrogen and oxygen atoms in total. The van der Waals surface area contributed by atoms with Crippen molar-refractivity contribution >= 4 is 34.7 Å². The summed E-state index contributed by atoms with van der Waals surface area (Å²) in [6.07, 6.45) is 1.77. The normalized spacial score (nSPS) is 10.5. The lowest BCUT2D eigenvalue weighted by Gasteiger charge is -1.85. The van der Waals surface area contributed by atoms with E-state index < -0.39 is 0 Å². The topological polar surface area (TPSA) is 38.7 Å². The molecule has 12 heavy (non-hydrogen) atoms. The highest BCUT2D eigenvalue weighted by Crippen LogP contribution is 2.29. The van der Waals surface area contributed by atoms with E-state index in [1.54, 1.807) is 17.5 Å². The van der Waals surface area contributed by atoms with Gasteiger partial charge in [0.2, 0.25) is 0 Å². The first-order valence-corrected chi connectivity index (χ1v) is 5.10. The molecule has 2 aromatic heterocycles. The summed E-state index contributed by atoms with van der Waals surface area (Å²) in [4.78, 5) is 5.09. The average molecular weight is 218 g/mol. The molecule has 0 aliphatic carbocycles. The Bertz CT molecular complexity index is 395. The Morgan fingerprint density at radius 3 is 2.75 bits per heavy atom. The van der Waals surface area contributed by atoms with Crippen molar-refractivity contribution in [2.45, 2.75) is 6.92 Å². The first-order chi connectivity index (χ1) is 5.77. The van der Waals surface area contributed by atoms with Crippen LogP contribution in [-0.4, -0.2) is 13.7 Å². The van der Waals surface area contributed by atoms with Crippen LogP contribution in [-0.2, 0) is 0 Å². The fraction of sp³-hybridized carbons (Fsp3) is 0.167. The Labute approximate surface area is 82.4 Å². The second-order valence-corrected chi connectivity index (χ2v) is 4.27. The van der Waals surface area contributed by atoms with Gasteiger partial charge < -0.3 is 0 Å². The second-order valence-electron chi connectivity index (χ2n) is 2.15. The zero-order chi connectivity index (χ0) is 8.55. The number of rotatable bonds is 1. The zero-order valence-electron chi connectivity index (χ0n) is 6.11. The molecule has 0 N–H and O–H groups in total. The summed E-state index contributed by atoms with van der Waals surface area (Å²) in [5.74, 6) is 0. The maximum Gasteiger partial charge on any atom is 0.171 e. The minimum absolute atomic E-state index is 0.462. The lowest BCUT2D eigenvalue weighted by atomic mass is 10.4. The maximum absolute atomic E-state index is 5.80. The lowest BCUT2D eigenvalue weighted by molar-refractivity contribution is 1.30. The molecule has 0 fully saturated rings. The standard InChI is InChI=1S/C6H4ClN3S2/c1-3-8-2-4(11-3)5-6(7)10-12-9-5/h2H,1H3. The lowest BCUT2D eigenvalue weighted by Crippen LogP contribution is -1.70.